The van der Waals surface area contributed by atoms with Crippen LogP contribution in [0, 0.1) is 0 Å². The minimum absolute atomic E-state index is 0.0460. The van der Waals surface area contributed by atoms with Gasteiger partial charge in [0.1, 0.15) is 17.4 Å². The monoisotopic (exact) mass is 407 g/mol. The van der Waals surface area contributed by atoms with Crippen LogP contribution in [0.5, 0.6) is 5.75 Å². The van der Waals surface area contributed by atoms with E-state index in [-0.39, 0.29) is 17.7 Å². The molecule has 0 aliphatic carbocycles. The second-order valence-corrected chi connectivity index (χ2v) is 6.59. The van der Waals surface area contributed by atoms with Crippen molar-refractivity contribution in [3.63, 3.8) is 0 Å². The van der Waals surface area contributed by atoms with E-state index in [0.717, 1.165) is 10.9 Å². The normalized spacial score (nSPS) is 11.5. The van der Waals surface area contributed by atoms with Crippen LogP contribution in [-0.2, 0) is 25.5 Å². The molecule has 0 aliphatic heterocycles. The topological polar surface area (TPSA) is 102 Å². The number of phenols is 1. The highest BCUT2D eigenvalue weighted by molar-refractivity contribution is 6.01. The molecule has 1 amide bonds. The molecule has 0 saturated heterocycles. The zero-order chi connectivity index (χ0) is 21.5. The van der Waals surface area contributed by atoms with Crippen LogP contribution in [0.3, 0.4) is 0 Å². The third kappa shape index (κ3) is 4.94. The lowest BCUT2D eigenvalue weighted by Gasteiger charge is -2.16. The first-order valence-corrected chi connectivity index (χ1v) is 9.28. The third-order valence-electron chi connectivity index (χ3n) is 4.56. The molecule has 7 nitrogen and oxygen atoms in total. The maximum Gasteiger partial charge on any atom is 0.342 e. The number of hydrogen-bond donors (Lipinski definition) is 2. The van der Waals surface area contributed by atoms with E-state index in [0.29, 0.717) is 5.39 Å². The number of esters is 2. The molecule has 3 rings (SSSR count). The molecule has 2 N–H and O–H groups in total. The van der Waals surface area contributed by atoms with Gasteiger partial charge < -0.3 is 19.9 Å². The van der Waals surface area contributed by atoms with E-state index >= 15 is 0 Å². The van der Waals surface area contributed by atoms with E-state index in [1.807, 2.05) is 36.4 Å². The van der Waals surface area contributed by atoms with Gasteiger partial charge in [0, 0.05) is 11.8 Å². The van der Waals surface area contributed by atoms with E-state index in [1.54, 1.807) is 24.3 Å². The lowest BCUT2D eigenvalue weighted by Crippen LogP contribution is -2.44. The number of rotatable bonds is 7. The first-order chi connectivity index (χ1) is 14.5. The van der Waals surface area contributed by atoms with Crippen molar-refractivity contribution >= 4 is 28.6 Å². The fourth-order valence-corrected chi connectivity index (χ4v) is 3.05. The van der Waals surface area contributed by atoms with Crippen LogP contribution in [0.15, 0.2) is 66.7 Å². The summed E-state index contributed by atoms with van der Waals surface area (Å²) >= 11 is 0. The van der Waals surface area contributed by atoms with Crippen LogP contribution in [0.2, 0.25) is 0 Å². The van der Waals surface area contributed by atoms with Gasteiger partial charge in [-0.2, -0.15) is 0 Å². The van der Waals surface area contributed by atoms with Crippen LogP contribution in [0.1, 0.15) is 15.9 Å². The lowest BCUT2D eigenvalue weighted by molar-refractivity contribution is -0.145. The van der Waals surface area contributed by atoms with E-state index in [1.165, 1.54) is 13.2 Å². The summed E-state index contributed by atoms with van der Waals surface area (Å²) in [5, 5.41) is 14.1. The van der Waals surface area contributed by atoms with Crippen molar-refractivity contribution in [2.24, 2.45) is 0 Å². The van der Waals surface area contributed by atoms with Gasteiger partial charge in [-0.05, 0) is 17.0 Å². The molecule has 0 fully saturated rings. The Balaban J connectivity index is 1.63. The molecular formula is C23H21NO6. The Morgan fingerprint density at radius 3 is 2.40 bits per heavy atom. The Bertz CT molecular complexity index is 1060. The summed E-state index contributed by atoms with van der Waals surface area (Å²) in [6, 6.07) is 18.4. The van der Waals surface area contributed by atoms with Gasteiger partial charge in [-0.1, -0.05) is 60.7 Å². The van der Waals surface area contributed by atoms with Crippen molar-refractivity contribution in [3.05, 3.63) is 77.9 Å². The average molecular weight is 407 g/mol. The van der Waals surface area contributed by atoms with Crippen molar-refractivity contribution in [1.82, 2.24) is 5.32 Å². The molecule has 7 heteroatoms. The Labute approximate surface area is 173 Å². The molecule has 0 aliphatic rings. The van der Waals surface area contributed by atoms with Gasteiger partial charge in [0.2, 0.25) is 0 Å². The number of hydrogen-bond acceptors (Lipinski definition) is 6. The highest BCUT2D eigenvalue weighted by Crippen LogP contribution is 2.28. The molecule has 154 valence electrons. The van der Waals surface area contributed by atoms with Gasteiger partial charge in [0.05, 0.1) is 7.11 Å². The molecule has 0 aromatic heterocycles. The highest BCUT2D eigenvalue weighted by atomic mass is 16.5. The number of methoxy groups -OCH3 is 1. The van der Waals surface area contributed by atoms with E-state index in [9.17, 15) is 19.5 Å². The standard InChI is InChI=1S/C23H21NO6/c1-29-23(28)19(13-15-7-3-2-4-8-15)24-20(25)14-30-22(27)18-12-11-16-9-5-6-10-17(16)21(18)26/h2-12,19,26H,13-14H2,1H3,(H,24,25)/t19-/m1/s1. The van der Waals surface area contributed by atoms with Gasteiger partial charge in [0.25, 0.3) is 5.91 Å². The molecular weight excluding hydrogens is 386 g/mol. The summed E-state index contributed by atoms with van der Waals surface area (Å²) in [5.41, 5.74) is 0.793. The van der Waals surface area contributed by atoms with Crippen LogP contribution in [0.4, 0.5) is 0 Å². The van der Waals surface area contributed by atoms with Crippen LogP contribution >= 0.6 is 0 Å². The molecule has 30 heavy (non-hydrogen) atoms. The molecule has 1 atom stereocenters. The van der Waals surface area contributed by atoms with Crippen molar-refractivity contribution in [1.29, 1.82) is 0 Å². The minimum atomic E-state index is -0.919. The number of phenolic OH excluding ortho intramolecular Hbond substituents is 1. The predicted molar refractivity (Wildman–Crippen MR) is 110 cm³/mol. The van der Waals surface area contributed by atoms with Gasteiger partial charge in [-0.3, -0.25) is 4.79 Å². The number of benzene rings is 3. The van der Waals surface area contributed by atoms with E-state index < -0.39 is 30.5 Å². The van der Waals surface area contributed by atoms with Crippen LogP contribution in [0.25, 0.3) is 10.8 Å². The Hall–Kier alpha value is -3.87. The Morgan fingerprint density at radius 2 is 1.67 bits per heavy atom. The number of amides is 1. The van der Waals surface area contributed by atoms with Crippen LogP contribution in [-0.4, -0.2) is 42.7 Å². The van der Waals surface area contributed by atoms with Crippen molar-refractivity contribution in [2.75, 3.05) is 13.7 Å². The SMILES string of the molecule is COC(=O)[C@@H](Cc1ccccc1)NC(=O)COC(=O)c1ccc2ccccc2c1O. The third-order valence-corrected chi connectivity index (χ3v) is 4.56. The molecule has 0 unspecified atom stereocenters. The second kappa shape index (κ2) is 9.56. The van der Waals surface area contributed by atoms with E-state index in [4.69, 9.17) is 9.47 Å². The van der Waals surface area contributed by atoms with Crippen molar-refractivity contribution in [3.8, 4) is 5.75 Å². The number of ether oxygens (including phenoxy) is 2. The number of carbonyl (C=O) groups excluding carboxylic acids is 3. The molecule has 3 aromatic carbocycles. The smallest absolute Gasteiger partial charge is 0.342 e. The van der Waals surface area contributed by atoms with Gasteiger partial charge in [-0.25, -0.2) is 9.59 Å². The predicted octanol–water partition coefficient (Wildman–Crippen LogP) is 2.60. The molecule has 0 bridgehead atoms. The first kappa shape index (κ1) is 20.9. The second-order valence-electron chi connectivity index (χ2n) is 6.59. The number of aromatic hydroxyl groups is 1. The fraction of sp³-hybridized carbons (Fsp3) is 0.174. The number of nitrogens with one attached hydrogen (secondary N) is 1. The van der Waals surface area contributed by atoms with Gasteiger partial charge in [0.15, 0.2) is 6.61 Å². The van der Waals surface area contributed by atoms with E-state index in [2.05, 4.69) is 5.32 Å². The quantitative estimate of drug-likeness (QED) is 0.584. The summed E-state index contributed by atoms with van der Waals surface area (Å²) in [5.74, 6) is -2.32. The van der Waals surface area contributed by atoms with Crippen molar-refractivity contribution < 1.29 is 29.0 Å². The molecule has 0 saturated carbocycles. The Morgan fingerprint density at radius 1 is 0.967 bits per heavy atom. The zero-order valence-electron chi connectivity index (χ0n) is 16.3. The molecule has 0 spiro atoms. The molecule has 3 aromatic rings. The van der Waals surface area contributed by atoms with Gasteiger partial charge in [-0.15, -0.1) is 0 Å². The van der Waals surface area contributed by atoms with Crippen molar-refractivity contribution in [2.45, 2.75) is 12.5 Å². The minimum Gasteiger partial charge on any atom is -0.506 e. The summed E-state index contributed by atoms with van der Waals surface area (Å²) in [6.07, 6.45) is 0.235. The lowest BCUT2D eigenvalue weighted by atomic mass is 10.1. The first-order valence-electron chi connectivity index (χ1n) is 9.28. The maximum absolute atomic E-state index is 12.3. The maximum atomic E-state index is 12.3. The highest BCUT2D eigenvalue weighted by Gasteiger charge is 2.23. The number of fused-ring (bicyclic) bond motifs is 1. The Kier molecular flexibility index (Phi) is 6.64. The zero-order valence-corrected chi connectivity index (χ0v) is 16.3. The fourth-order valence-electron chi connectivity index (χ4n) is 3.05. The van der Waals surface area contributed by atoms with Gasteiger partial charge >= 0.3 is 11.9 Å². The summed E-state index contributed by atoms with van der Waals surface area (Å²) in [4.78, 5) is 36.6. The average Bonchev–Trinajstić information content (AvgIpc) is 2.77. The largest absolute Gasteiger partial charge is 0.506 e. The molecule has 0 heterocycles. The summed E-state index contributed by atoms with van der Waals surface area (Å²) < 4.78 is 9.76. The van der Waals surface area contributed by atoms with Crippen LogP contribution < -0.4 is 5.32 Å². The summed E-state index contributed by atoms with van der Waals surface area (Å²) in [7, 11) is 1.23. The summed E-state index contributed by atoms with van der Waals surface area (Å²) in [6.45, 7) is -0.604. The molecule has 0 radical (unpaired) electrons. The number of carbonyl (C=O) groups is 3.